The maximum atomic E-state index is 12.7. The minimum absolute atomic E-state index is 0.274. The lowest BCUT2D eigenvalue weighted by molar-refractivity contribution is -0.139. The van der Waals surface area contributed by atoms with Gasteiger partial charge in [0.05, 0.1) is 18.2 Å². The highest BCUT2D eigenvalue weighted by molar-refractivity contribution is 7.10. The fourth-order valence-corrected chi connectivity index (χ4v) is 4.79. The van der Waals surface area contributed by atoms with Crippen LogP contribution in [0.5, 0.6) is 0 Å². The van der Waals surface area contributed by atoms with Gasteiger partial charge in [-0.2, -0.15) is 0 Å². The van der Waals surface area contributed by atoms with E-state index in [9.17, 15) is 9.59 Å². The van der Waals surface area contributed by atoms with Crippen LogP contribution in [0, 0.1) is 11.8 Å². The number of hydrogen-bond acceptors (Lipinski definition) is 5. The summed E-state index contributed by atoms with van der Waals surface area (Å²) in [5.74, 6) is 0.846. The molecule has 1 aromatic heterocycles. The number of ether oxygens (including phenoxy) is 1. The van der Waals surface area contributed by atoms with Crippen LogP contribution >= 0.6 is 11.3 Å². The Morgan fingerprint density at radius 2 is 2.08 bits per heavy atom. The molecule has 1 fully saturated rings. The Morgan fingerprint density at radius 1 is 1.35 bits per heavy atom. The van der Waals surface area contributed by atoms with Crippen molar-refractivity contribution in [2.24, 2.45) is 11.8 Å². The molecule has 6 nitrogen and oxygen atoms in total. The summed E-state index contributed by atoms with van der Waals surface area (Å²) in [5.41, 5.74) is 1.17. The van der Waals surface area contributed by atoms with Crippen LogP contribution < -0.4 is 10.6 Å². The predicted octanol–water partition coefficient (Wildman–Crippen LogP) is 2.90. The van der Waals surface area contributed by atoms with Crippen LogP contribution in [0.3, 0.4) is 0 Å². The minimum atomic E-state index is -0.461. The number of amides is 2. The van der Waals surface area contributed by atoms with Gasteiger partial charge in [-0.25, -0.2) is 9.59 Å². The van der Waals surface area contributed by atoms with Gasteiger partial charge in [0.1, 0.15) is 0 Å². The molecular formula is C19H27N3O3S. The molecule has 1 saturated heterocycles. The Labute approximate surface area is 158 Å². The van der Waals surface area contributed by atoms with Crippen LogP contribution in [-0.4, -0.2) is 43.1 Å². The first kappa shape index (κ1) is 18.9. The van der Waals surface area contributed by atoms with E-state index in [-0.39, 0.29) is 12.0 Å². The second kappa shape index (κ2) is 8.22. The topological polar surface area (TPSA) is 70.7 Å². The fraction of sp³-hybridized carbons (Fsp3) is 0.579. The highest BCUT2D eigenvalue weighted by atomic mass is 32.1. The van der Waals surface area contributed by atoms with Gasteiger partial charge in [-0.3, -0.25) is 4.90 Å². The van der Waals surface area contributed by atoms with Gasteiger partial charge in [-0.1, -0.05) is 19.9 Å². The van der Waals surface area contributed by atoms with Gasteiger partial charge in [0.2, 0.25) is 0 Å². The number of nitrogens with one attached hydrogen (secondary N) is 2. The lowest BCUT2D eigenvalue weighted by Gasteiger charge is -2.37. The average molecular weight is 378 g/mol. The van der Waals surface area contributed by atoms with Crippen molar-refractivity contribution in [2.45, 2.75) is 33.2 Å². The molecule has 7 heteroatoms. The molecule has 1 aromatic rings. The summed E-state index contributed by atoms with van der Waals surface area (Å²) in [4.78, 5) is 28.2. The van der Waals surface area contributed by atoms with Gasteiger partial charge in [-0.15, -0.1) is 11.3 Å². The number of nitrogens with zero attached hydrogens (tertiary/aromatic N) is 1. The first-order valence-electron chi connectivity index (χ1n) is 9.21. The lowest BCUT2D eigenvalue weighted by atomic mass is 9.91. The molecule has 3 unspecified atom stereocenters. The van der Waals surface area contributed by atoms with Crippen molar-refractivity contribution in [2.75, 3.05) is 26.2 Å². The minimum Gasteiger partial charge on any atom is -0.463 e. The summed E-state index contributed by atoms with van der Waals surface area (Å²) in [7, 11) is 0. The standard InChI is InChI=1S/C19H27N3O3S/c1-4-25-18(23)16-14(11-22-9-12(2)8-13(3)10-22)20-19(24)21-17(16)15-6-5-7-26-15/h5-7,12-13,17H,4,8-11H2,1-3H3,(H2,20,21,24). The summed E-state index contributed by atoms with van der Waals surface area (Å²) in [6.45, 7) is 9.09. The summed E-state index contributed by atoms with van der Waals surface area (Å²) in [5, 5.41) is 7.69. The van der Waals surface area contributed by atoms with E-state index in [2.05, 4.69) is 29.4 Å². The molecule has 3 heterocycles. The number of carbonyl (C=O) groups is 2. The molecule has 0 bridgehead atoms. The first-order chi connectivity index (χ1) is 12.5. The van der Waals surface area contributed by atoms with Crippen molar-refractivity contribution in [3.63, 3.8) is 0 Å². The normalized spacial score (nSPS) is 27.0. The monoisotopic (exact) mass is 377 g/mol. The number of hydrogen-bond donors (Lipinski definition) is 2. The Bertz CT molecular complexity index is 676. The molecular weight excluding hydrogens is 350 g/mol. The third kappa shape index (κ3) is 4.27. The van der Waals surface area contributed by atoms with Crippen LogP contribution in [0.1, 0.15) is 38.1 Å². The van der Waals surface area contributed by atoms with Crippen molar-refractivity contribution in [1.29, 1.82) is 0 Å². The van der Waals surface area contributed by atoms with Gasteiger partial charge in [0, 0.05) is 30.2 Å². The highest BCUT2D eigenvalue weighted by Gasteiger charge is 2.35. The van der Waals surface area contributed by atoms with Crippen molar-refractivity contribution in [1.82, 2.24) is 15.5 Å². The zero-order valence-corrected chi connectivity index (χ0v) is 16.4. The first-order valence-corrected chi connectivity index (χ1v) is 10.1. The van der Waals surface area contributed by atoms with Crippen molar-refractivity contribution < 1.29 is 14.3 Å². The zero-order valence-electron chi connectivity index (χ0n) is 15.6. The number of carbonyl (C=O) groups excluding carboxylic acids is 2. The molecule has 3 atom stereocenters. The van der Waals surface area contributed by atoms with Gasteiger partial charge < -0.3 is 15.4 Å². The molecule has 142 valence electrons. The van der Waals surface area contributed by atoms with Crippen LogP contribution in [0.25, 0.3) is 0 Å². The molecule has 0 spiro atoms. The quantitative estimate of drug-likeness (QED) is 0.774. The third-order valence-corrected chi connectivity index (χ3v) is 5.74. The Kier molecular flexibility index (Phi) is 5.98. The second-order valence-electron chi connectivity index (χ2n) is 7.30. The SMILES string of the molecule is CCOC(=O)C1=C(CN2CC(C)CC(C)C2)NC(=O)NC1c1cccs1. The van der Waals surface area contributed by atoms with Crippen LogP contribution in [0.4, 0.5) is 4.79 Å². The Morgan fingerprint density at radius 3 is 2.69 bits per heavy atom. The van der Waals surface area contributed by atoms with Gasteiger partial charge >= 0.3 is 12.0 Å². The second-order valence-corrected chi connectivity index (χ2v) is 8.28. The van der Waals surface area contributed by atoms with Crippen LogP contribution in [-0.2, 0) is 9.53 Å². The Balaban J connectivity index is 1.93. The van der Waals surface area contributed by atoms with E-state index in [0.29, 0.717) is 36.3 Å². The molecule has 2 aliphatic rings. The number of likely N-dealkylation sites (tertiary alicyclic amines) is 1. The predicted molar refractivity (Wildman–Crippen MR) is 102 cm³/mol. The summed E-state index contributed by atoms with van der Waals surface area (Å²) < 4.78 is 5.30. The van der Waals surface area contributed by atoms with Crippen LogP contribution in [0.15, 0.2) is 28.8 Å². The number of esters is 1. The number of urea groups is 1. The third-order valence-electron chi connectivity index (χ3n) is 4.80. The molecule has 2 N–H and O–H groups in total. The molecule has 2 aliphatic heterocycles. The zero-order chi connectivity index (χ0) is 18.7. The van der Waals surface area contributed by atoms with E-state index in [1.165, 1.54) is 17.8 Å². The lowest BCUT2D eigenvalue weighted by Crippen LogP contribution is -2.49. The smallest absolute Gasteiger partial charge is 0.338 e. The number of rotatable bonds is 5. The number of thiophene rings is 1. The van der Waals surface area contributed by atoms with E-state index >= 15 is 0 Å². The largest absolute Gasteiger partial charge is 0.463 e. The van der Waals surface area contributed by atoms with Crippen LogP contribution in [0.2, 0.25) is 0 Å². The molecule has 26 heavy (non-hydrogen) atoms. The molecule has 0 aromatic carbocycles. The molecule has 0 saturated carbocycles. The van der Waals surface area contributed by atoms with E-state index in [0.717, 1.165) is 18.0 Å². The van der Waals surface area contributed by atoms with Crippen molar-refractivity contribution in [3.8, 4) is 0 Å². The molecule has 2 amide bonds. The van der Waals surface area contributed by atoms with Gasteiger partial charge in [-0.05, 0) is 36.6 Å². The van der Waals surface area contributed by atoms with E-state index in [1.807, 2.05) is 17.5 Å². The van der Waals surface area contributed by atoms with Gasteiger partial charge in [0.25, 0.3) is 0 Å². The maximum Gasteiger partial charge on any atom is 0.338 e. The summed E-state index contributed by atoms with van der Waals surface area (Å²) in [6.07, 6.45) is 1.21. The van der Waals surface area contributed by atoms with E-state index < -0.39 is 6.04 Å². The molecule has 3 rings (SSSR count). The van der Waals surface area contributed by atoms with E-state index in [4.69, 9.17) is 4.74 Å². The van der Waals surface area contributed by atoms with Crippen molar-refractivity contribution in [3.05, 3.63) is 33.7 Å². The maximum absolute atomic E-state index is 12.7. The number of piperidine rings is 1. The van der Waals surface area contributed by atoms with Gasteiger partial charge in [0.15, 0.2) is 0 Å². The Hall–Kier alpha value is -1.86. The summed E-state index contributed by atoms with van der Waals surface area (Å²) >= 11 is 1.52. The molecule has 0 aliphatic carbocycles. The van der Waals surface area contributed by atoms with Crippen molar-refractivity contribution >= 4 is 23.3 Å². The average Bonchev–Trinajstić information content (AvgIpc) is 3.07. The highest BCUT2D eigenvalue weighted by Crippen LogP contribution is 2.31. The fourth-order valence-electron chi connectivity index (χ4n) is 4.01. The molecule has 0 radical (unpaired) electrons. The summed E-state index contributed by atoms with van der Waals surface area (Å²) in [6, 6.07) is 3.12. The van der Waals surface area contributed by atoms with E-state index in [1.54, 1.807) is 6.92 Å².